The van der Waals surface area contributed by atoms with Crippen LogP contribution >= 0.6 is 11.3 Å². The Kier molecular flexibility index (Phi) is 6.00. The van der Waals surface area contributed by atoms with Gasteiger partial charge in [-0.3, -0.25) is 14.5 Å². The van der Waals surface area contributed by atoms with Crippen LogP contribution in [0.5, 0.6) is 11.5 Å². The molecule has 1 aliphatic rings. The predicted octanol–water partition coefficient (Wildman–Crippen LogP) is 5.31. The van der Waals surface area contributed by atoms with E-state index in [-0.39, 0.29) is 11.3 Å². The maximum Gasteiger partial charge on any atom is 0.302 e. The molecule has 3 heterocycles. The fourth-order valence-electron chi connectivity index (χ4n) is 4.05. The van der Waals surface area contributed by atoms with E-state index in [9.17, 15) is 14.7 Å². The number of carbonyl (C=O) groups is 2. The summed E-state index contributed by atoms with van der Waals surface area (Å²) in [6.07, 6.45) is 1.46. The molecule has 1 aliphatic heterocycles. The van der Waals surface area contributed by atoms with Crippen molar-refractivity contribution in [3.05, 3.63) is 77.8 Å². The third-order valence-corrected chi connectivity index (χ3v) is 6.56. The summed E-state index contributed by atoms with van der Waals surface area (Å²) in [4.78, 5) is 32.4. The van der Waals surface area contributed by atoms with Crippen molar-refractivity contribution in [2.45, 2.75) is 19.9 Å². The van der Waals surface area contributed by atoms with E-state index in [4.69, 9.17) is 13.9 Å². The van der Waals surface area contributed by atoms with Crippen LogP contribution in [0.25, 0.3) is 16.0 Å². The Labute approximate surface area is 205 Å². The Hall–Kier alpha value is -4.11. The van der Waals surface area contributed by atoms with Crippen LogP contribution < -0.4 is 14.4 Å². The normalized spacial score (nSPS) is 17.3. The summed E-state index contributed by atoms with van der Waals surface area (Å²) in [7, 11) is 0. The molecule has 1 saturated heterocycles. The molecule has 1 atom stereocenters. The van der Waals surface area contributed by atoms with E-state index < -0.39 is 17.7 Å². The molecule has 0 radical (unpaired) electrons. The minimum atomic E-state index is -0.979. The van der Waals surface area contributed by atoms with Gasteiger partial charge in [0.15, 0.2) is 5.13 Å². The van der Waals surface area contributed by atoms with Crippen molar-refractivity contribution in [1.82, 2.24) is 4.98 Å². The first-order chi connectivity index (χ1) is 17.0. The summed E-state index contributed by atoms with van der Waals surface area (Å²) in [6.45, 7) is 4.72. The lowest BCUT2D eigenvalue weighted by atomic mass is 9.99. The average molecular weight is 491 g/mol. The van der Waals surface area contributed by atoms with E-state index in [2.05, 4.69) is 4.98 Å². The second kappa shape index (κ2) is 9.27. The number of thiazole rings is 1. The number of furan rings is 1. The first kappa shape index (κ1) is 22.7. The number of hydrogen-bond acceptors (Lipinski definition) is 8. The molecule has 0 spiro atoms. The monoisotopic (exact) mass is 490 g/mol. The molecule has 4 aromatic rings. The molecular weight excluding hydrogens is 468 g/mol. The van der Waals surface area contributed by atoms with E-state index in [0.717, 1.165) is 4.70 Å². The molecule has 1 amide bonds. The zero-order valence-electron chi connectivity index (χ0n) is 19.1. The lowest BCUT2D eigenvalue weighted by Crippen LogP contribution is -2.29. The zero-order chi connectivity index (χ0) is 24.5. The first-order valence-corrected chi connectivity index (χ1v) is 11.9. The van der Waals surface area contributed by atoms with Crippen molar-refractivity contribution in [1.29, 1.82) is 0 Å². The number of fused-ring (bicyclic) bond motifs is 1. The minimum Gasteiger partial charge on any atom is -0.507 e. The fourth-order valence-corrected chi connectivity index (χ4v) is 5.07. The van der Waals surface area contributed by atoms with Crippen LogP contribution in [0.3, 0.4) is 0 Å². The smallest absolute Gasteiger partial charge is 0.302 e. The average Bonchev–Trinajstić information content (AvgIpc) is 3.58. The van der Waals surface area contributed by atoms with Crippen LogP contribution in [-0.2, 0) is 9.59 Å². The zero-order valence-corrected chi connectivity index (χ0v) is 19.9. The van der Waals surface area contributed by atoms with E-state index in [1.807, 2.05) is 19.9 Å². The summed E-state index contributed by atoms with van der Waals surface area (Å²) < 4.78 is 17.5. The Bertz CT molecular complexity index is 1440. The molecule has 8 nitrogen and oxygen atoms in total. The lowest BCUT2D eigenvalue weighted by molar-refractivity contribution is -0.132. The SMILES string of the molecule is CCOc1cccc(/C(O)=C2\C(=O)C(=O)N(c3nc4ccc(OCC)cc4s3)C2c2ccco2)c1. The van der Waals surface area contributed by atoms with Crippen LogP contribution in [0.2, 0.25) is 0 Å². The molecule has 35 heavy (non-hydrogen) atoms. The third kappa shape index (κ3) is 4.04. The molecule has 0 saturated carbocycles. The number of rotatable bonds is 7. The number of carbonyl (C=O) groups excluding carboxylic acids is 2. The molecule has 1 N–H and O–H groups in total. The first-order valence-electron chi connectivity index (χ1n) is 11.1. The van der Waals surface area contributed by atoms with Crippen molar-refractivity contribution in [3.8, 4) is 11.5 Å². The molecule has 0 aliphatic carbocycles. The topological polar surface area (TPSA) is 102 Å². The standard InChI is InChI=1S/C26H22N2O6S/c1-3-32-16-8-5-7-15(13-16)23(29)21-22(19-9-6-12-34-19)28(25(31)24(21)30)26-27-18-11-10-17(33-4-2)14-20(18)35-26/h5-14,22,29H,3-4H2,1-2H3/b23-21+. The molecule has 178 valence electrons. The summed E-state index contributed by atoms with van der Waals surface area (Å²) >= 11 is 1.26. The summed E-state index contributed by atoms with van der Waals surface area (Å²) in [5.41, 5.74) is 0.946. The van der Waals surface area contributed by atoms with Crippen LogP contribution in [0.4, 0.5) is 5.13 Å². The predicted molar refractivity (Wildman–Crippen MR) is 132 cm³/mol. The van der Waals surface area contributed by atoms with Gasteiger partial charge in [0.2, 0.25) is 0 Å². The molecule has 0 bridgehead atoms. The highest BCUT2D eigenvalue weighted by Crippen LogP contribution is 2.44. The number of hydrogen-bond donors (Lipinski definition) is 1. The van der Waals surface area contributed by atoms with Gasteiger partial charge in [-0.1, -0.05) is 23.5 Å². The highest BCUT2D eigenvalue weighted by Gasteiger charge is 2.49. The molecule has 1 unspecified atom stereocenters. The number of ketones is 1. The largest absolute Gasteiger partial charge is 0.507 e. The van der Waals surface area contributed by atoms with Crippen LogP contribution in [0.15, 0.2) is 70.9 Å². The second-order valence-electron chi connectivity index (χ2n) is 7.70. The summed E-state index contributed by atoms with van der Waals surface area (Å²) in [5, 5.41) is 11.5. The molecule has 2 aromatic heterocycles. The highest BCUT2D eigenvalue weighted by molar-refractivity contribution is 7.22. The maximum absolute atomic E-state index is 13.3. The van der Waals surface area contributed by atoms with Gasteiger partial charge >= 0.3 is 5.91 Å². The minimum absolute atomic E-state index is 0.0761. The van der Waals surface area contributed by atoms with Crippen molar-refractivity contribution in [3.63, 3.8) is 0 Å². The Morgan fingerprint density at radius 1 is 1.06 bits per heavy atom. The van der Waals surface area contributed by atoms with Gasteiger partial charge in [-0.2, -0.15) is 0 Å². The number of benzene rings is 2. The Morgan fingerprint density at radius 3 is 2.54 bits per heavy atom. The van der Waals surface area contributed by atoms with E-state index in [0.29, 0.717) is 46.7 Å². The number of aliphatic hydroxyl groups is 1. The van der Waals surface area contributed by atoms with Crippen molar-refractivity contribution >= 4 is 44.1 Å². The van der Waals surface area contributed by atoms with Gasteiger partial charge in [0, 0.05) is 5.56 Å². The lowest BCUT2D eigenvalue weighted by Gasteiger charge is -2.20. The molecule has 9 heteroatoms. The summed E-state index contributed by atoms with van der Waals surface area (Å²) in [6, 6.07) is 14.5. The molecule has 2 aromatic carbocycles. The van der Waals surface area contributed by atoms with E-state index in [1.165, 1.54) is 22.5 Å². The quantitative estimate of drug-likeness (QED) is 0.213. The highest BCUT2D eigenvalue weighted by atomic mass is 32.1. The summed E-state index contributed by atoms with van der Waals surface area (Å²) in [5.74, 6) is -0.363. The van der Waals surface area contributed by atoms with E-state index >= 15 is 0 Å². The Morgan fingerprint density at radius 2 is 1.83 bits per heavy atom. The van der Waals surface area contributed by atoms with Gasteiger partial charge < -0.3 is 19.0 Å². The van der Waals surface area contributed by atoms with Crippen LogP contribution in [-0.4, -0.2) is 35.0 Å². The molecule has 1 fully saturated rings. The number of ether oxygens (including phenoxy) is 2. The van der Waals surface area contributed by atoms with Crippen molar-refractivity contribution < 1.29 is 28.6 Å². The molecular formula is C26H22N2O6S. The molecule has 5 rings (SSSR count). The number of aliphatic hydroxyl groups excluding tert-OH is 1. The number of nitrogens with zero attached hydrogens (tertiary/aromatic N) is 2. The van der Waals surface area contributed by atoms with Gasteiger partial charge in [-0.05, 0) is 56.3 Å². The fraction of sp³-hybridized carbons (Fsp3) is 0.192. The number of anilines is 1. The van der Waals surface area contributed by atoms with Crippen molar-refractivity contribution in [2.24, 2.45) is 0 Å². The van der Waals surface area contributed by atoms with Gasteiger partial charge in [0.25, 0.3) is 5.78 Å². The number of amides is 1. The second-order valence-corrected chi connectivity index (χ2v) is 8.71. The van der Waals surface area contributed by atoms with E-state index in [1.54, 1.807) is 48.5 Å². The van der Waals surface area contributed by atoms with Gasteiger partial charge in [-0.25, -0.2) is 4.98 Å². The Balaban J connectivity index is 1.65. The number of Topliss-reactive ketones (excluding diaryl/α,β-unsaturated/α-hetero) is 1. The van der Waals surface area contributed by atoms with Gasteiger partial charge in [-0.15, -0.1) is 0 Å². The van der Waals surface area contributed by atoms with Gasteiger partial charge in [0.05, 0.1) is 35.3 Å². The number of aromatic nitrogens is 1. The van der Waals surface area contributed by atoms with Gasteiger partial charge in [0.1, 0.15) is 29.1 Å². The third-order valence-electron chi connectivity index (χ3n) is 5.54. The van der Waals surface area contributed by atoms with Crippen molar-refractivity contribution in [2.75, 3.05) is 18.1 Å². The maximum atomic E-state index is 13.3. The van der Waals surface area contributed by atoms with Crippen LogP contribution in [0, 0.1) is 0 Å². The van der Waals surface area contributed by atoms with Crippen LogP contribution in [0.1, 0.15) is 31.2 Å².